The summed E-state index contributed by atoms with van der Waals surface area (Å²) >= 11 is 0. The first-order valence-corrected chi connectivity index (χ1v) is 3.62. The summed E-state index contributed by atoms with van der Waals surface area (Å²) in [4.78, 5) is 0. The molecule has 1 aliphatic carbocycles. The number of rotatable bonds is 1. The van der Waals surface area contributed by atoms with E-state index in [1.165, 1.54) is 0 Å². The Hall–Kier alpha value is -0.780. The molecule has 0 aromatic rings. The van der Waals surface area contributed by atoms with E-state index in [-0.39, 0.29) is 5.92 Å². The fourth-order valence-electron chi connectivity index (χ4n) is 0.945. The summed E-state index contributed by atoms with van der Waals surface area (Å²) < 4.78 is 7.79. The SMILES string of the molecule is [2H]C(C)(C)C1C=CC=CC=C1. The maximum atomic E-state index is 7.79. The molecule has 0 saturated carbocycles. The standard InChI is InChI=1S/C10H14/c1-9(2)10-7-5-3-4-6-8-10/h3-10H,1-2H3/i9D. The van der Waals surface area contributed by atoms with Gasteiger partial charge in [0.1, 0.15) is 0 Å². The lowest BCUT2D eigenvalue weighted by atomic mass is 9.96. The first-order chi connectivity index (χ1) is 5.11. The zero-order valence-electron chi connectivity index (χ0n) is 7.54. The van der Waals surface area contributed by atoms with Crippen molar-refractivity contribution in [2.45, 2.75) is 13.8 Å². The summed E-state index contributed by atoms with van der Waals surface area (Å²) in [6.07, 6.45) is 12.1. The molecule has 1 aliphatic rings. The molecule has 0 aliphatic heterocycles. The van der Waals surface area contributed by atoms with Crippen molar-refractivity contribution in [3.8, 4) is 0 Å². The van der Waals surface area contributed by atoms with E-state index in [0.717, 1.165) is 0 Å². The average molecular weight is 135 g/mol. The Morgan fingerprint density at radius 3 is 2.00 bits per heavy atom. The van der Waals surface area contributed by atoms with E-state index in [4.69, 9.17) is 1.37 Å². The molecular weight excluding hydrogens is 120 g/mol. The van der Waals surface area contributed by atoms with Gasteiger partial charge < -0.3 is 0 Å². The van der Waals surface area contributed by atoms with Crippen LogP contribution in [0.1, 0.15) is 15.2 Å². The molecule has 0 aromatic heterocycles. The van der Waals surface area contributed by atoms with Gasteiger partial charge in [-0.2, -0.15) is 0 Å². The van der Waals surface area contributed by atoms with E-state index in [1.54, 1.807) is 0 Å². The molecule has 1 rings (SSSR count). The van der Waals surface area contributed by atoms with Crippen molar-refractivity contribution in [1.82, 2.24) is 0 Å². The van der Waals surface area contributed by atoms with Crippen LogP contribution in [-0.4, -0.2) is 0 Å². The number of allylic oxidation sites excluding steroid dienone is 6. The Balaban J connectivity index is 2.75. The lowest BCUT2D eigenvalue weighted by Gasteiger charge is -2.09. The Morgan fingerprint density at radius 2 is 1.60 bits per heavy atom. The van der Waals surface area contributed by atoms with Crippen LogP contribution in [0.4, 0.5) is 0 Å². The van der Waals surface area contributed by atoms with Crippen LogP contribution in [0.5, 0.6) is 0 Å². The molecule has 0 heterocycles. The predicted octanol–water partition coefficient (Wildman–Crippen LogP) is 2.94. The van der Waals surface area contributed by atoms with Crippen molar-refractivity contribution in [2.24, 2.45) is 11.8 Å². The highest BCUT2D eigenvalue weighted by Crippen LogP contribution is 2.15. The molecular formula is C10H14. The van der Waals surface area contributed by atoms with Crippen LogP contribution in [-0.2, 0) is 0 Å². The lowest BCUT2D eigenvalue weighted by molar-refractivity contribution is 0.551. The first-order valence-electron chi connectivity index (χ1n) is 4.12. The minimum absolute atomic E-state index is 0.234. The van der Waals surface area contributed by atoms with Crippen molar-refractivity contribution < 1.29 is 1.37 Å². The highest BCUT2D eigenvalue weighted by molar-refractivity contribution is 5.19. The second kappa shape index (κ2) is 3.40. The molecule has 0 radical (unpaired) electrons. The average Bonchev–Trinajstić information content (AvgIpc) is 2.10. The minimum Gasteiger partial charge on any atom is -0.0774 e. The third kappa shape index (κ3) is 1.87. The summed E-state index contributed by atoms with van der Waals surface area (Å²) in [7, 11) is 0. The summed E-state index contributed by atoms with van der Waals surface area (Å²) in [5.74, 6) is -0.170. The summed E-state index contributed by atoms with van der Waals surface area (Å²) in [5.41, 5.74) is 0. The summed E-state index contributed by atoms with van der Waals surface area (Å²) in [6.45, 7) is 3.86. The highest BCUT2D eigenvalue weighted by Gasteiger charge is 2.04. The van der Waals surface area contributed by atoms with E-state index < -0.39 is 5.89 Å². The van der Waals surface area contributed by atoms with Crippen LogP contribution < -0.4 is 0 Å². The van der Waals surface area contributed by atoms with Gasteiger partial charge in [0.05, 0.1) is 0 Å². The lowest BCUT2D eigenvalue weighted by Crippen LogP contribution is -2.00. The van der Waals surface area contributed by atoms with Gasteiger partial charge in [0, 0.05) is 1.37 Å². The zero-order chi connectivity index (χ0) is 8.32. The van der Waals surface area contributed by atoms with E-state index in [2.05, 4.69) is 12.2 Å². The van der Waals surface area contributed by atoms with Crippen LogP contribution in [0.15, 0.2) is 36.5 Å². The van der Waals surface area contributed by atoms with Crippen LogP contribution in [0, 0.1) is 11.8 Å². The molecule has 0 nitrogen and oxygen atoms in total. The van der Waals surface area contributed by atoms with E-state index in [0.29, 0.717) is 0 Å². The first kappa shape index (κ1) is 5.96. The molecule has 0 spiro atoms. The molecule has 0 unspecified atom stereocenters. The fraction of sp³-hybridized carbons (Fsp3) is 0.400. The second-order valence-corrected chi connectivity index (χ2v) is 2.76. The zero-order valence-corrected chi connectivity index (χ0v) is 6.54. The van der Waals surface area contributed by atoms with Crippen molar-refractivity contribution in [3.05, 3.63) is 36.5 Å². The van der Waals surface area contributed by atoms with Gasteiger partial charge in [0.2, 0.25) is 0 Å². The van der Waals surface area contributed by atoms with Gasteiger partial charge in [0.25, 0.3) is 0 Å². The van der Waals surface area contributed by atoms with Gasteiger partial charge in [-0.25, -0.2) is 0 Å². The molecule has 0 N–H and O–H groups in total. The topological polar surface area (TPSA) is 0 Å². The van der Waals surface area contributed by atoms with Gasteiger partial charge in [-0.05, 0) is 11.8 Å². The van der Waals surface area contributed by atoms with E-state index >= 15 is 0 Å². The van der Waals surface area contributed by atoms with Gasteiger partial charge in [-0.15, -0.1) is 0 Å². The van der Waals surface area contributed by atoms with Crippen LogP contribution in [0.2, 0.25) is 0 Å². The highest BCUT2D eigenvalue weighted by atomic mass is 14.1. The molecule has 0 heteroatoms. The van der Waals surface area contributed by atoms with Crippen LogP contribution in [0.3, 0.4) is 0 Å². The second-order valence-electron chi connectivity index (χ2n) is 2.76. The Morgan fingerprint density at radius 1 is 1.10 bits per heavy atom. The van der Waals surface area contributed by atoms with Gasteiger partial charge >= 0.3 is 0 Å². The Bertz CT molecular complexity index is 187. The van der Waals surface area contributed by atoms with Crippen molar-refractivity contribution in [1.29, 1.82) is 0 Å². The van der Waals surface area contributed by atoms with Gasteiger partial charge in [-0.1, -0.05) is 50.3 Å². The third-order valence-electron chi connectivity index (χ3n) is 1.64. The van der Waals surface area contributed by atoms with Crippen molar-refractivity contribution in [3.63, 3.8) is 0 Å². The fourth-order valence-corrected chi connectivity index (χ4v) is 0.945. The molecule has 0 atom stereocenters. The van der Waals surface area contributed by atoms with Crippen molar-refractivity contribution >= 4 is 0 Å². The molecule has 0 amide bonds. The van der Waals surface area contributed by atoms with Crippen LogP contribution >= 0.6 is 0 Å². The van der Waals surface area contributed by atoms with Crippen molar-refractivity contribution in [2.75, 3.05) is 0 Å². The molecule has 0 bridgehead atoms. The van der Waals surface area contributed by atoms with E-state index in [1.807, 2.05) is 38.2 Å². The number of hydrogen-bond acceptors (Lipinski definition) is 0. The largest absolute Gasteiger partial charge is 0.0774 e. The minimum atomic E-state index is -0.404. The smallest absolute Gasteiger partial charge is 0.0306 e. The molecule has 0 aromatic carbocycles. The maximum absolute atomic E-state index is 7.79. The van der Waals surface area contributed by atoms with Gasteiger partial charge in [0.15, 0.2) is 0 Å². The monoisotopic (exact) mass is 135 g/mol. The summed E-state index contributed by atoms with van der Waals surface area (Å²) in [6, 6.07) is 0. The van der Waals surface area contributed by atoms with E-state index in [9.17, 15) is 0 Å². The molecule has 54 valence electrons. The summed E-state index contributed by atoms with van der Waals surface area (Å²) in [5, 5.41) is 0. The number of hydrogen-bond donors (Lipinski definition) is 0. The van der Waals surface area contributed by atoms with Crippen LogP contribution in [0.25, 0.3) is 0 Å². The Kier molecular flexibility index (Phi) is 2.03. The Labute approximate surface area is 64.4 Å². The molecule has 0 fully saturated rings. The maximum Gasteiger partial charge on any atom is 0.0306 e. The van der Waals surface area contributed by atoms with Gasteiger partial charge in [-0.3, -0.25) is 0 Å². The molecule has 10 heavy (non-hydrogen) atoms. The third-order valence-corrected chi connectivity index (χ3v) is 1.64. The normalized spacial score (nSPS) is 20.8. The predicted molar refractivity (Wildman–Crippen MR) is 45.7 cm³/mol. The molecule has 0 saturated heterocycles. The quantitative estimate of drug-likeness (QED) is 0.518.